The van der Waals surface area contributed by atoms with Gasteiger partial charge in [0.25, 0.3) is 0 Å². The minimum absolute atomic E-state index is 0.137. The minimum Gasteiger partial charge on any atom is -0.294 e. The first kappa shape index (κ1) is 22.3. The van der Waals surface area contributed by atoms with Crippen LogP contribution in [0.1, 0.15) is 103 Å². The molecule has 2 nitrogen and oxygen atoms in total. The lowest BCUT2D eigenvalue weighted by molar-refractivity contribution is 0.0583. The van der Waals surface area contributed by atoms with Gasteiger partial charge in [0.2, 0.25) is 0 Å². The number of hydrogen-bond acceptors (Lipinski definition) is 2. The molecule has 1 saturated carbocycles. The van der Waals surface area contributed by atoms with Gasteiger partial charge in [-0.25, -0.2) is 0 Å². The van der Waals surface area contributed by atoms with E-state index in [1.807, 2.05) is 0 Å². The van der Waals surface area contributed by atoms with Gasteiger partial charge in [0, 0.05) is 24.2 Å². The van der Waals surface area contributed by atoms with Crippen molar-refractivity contribution in [2.45, 2.75) is 111 Å². The van der Waals surface area contributed by atoms with Crippen LogP contribution in [0.3, 0.4) is 0 Å². The Hall–Kier alpha value is -0.860. The summed E-state index contributed by atoms with van der Waals surface area (Å²) >= 11 is 0. The van der Waals surface area contributed by atoms with E-state index in [1.165, 1.54) is 63.6 Å². The summed E-state index contributed by atoms with van der Waals surface area (Å²) in [5.74, 6) is 2.61. The van der Waals surface area contributed by atoms with Crippen LogP contribution in [0.25, 0.3) is 0 Å². The lowest BCUT2D eigenvalue weighted by Gasteiger charge is -2.41. The molecule has 1 aromatic carbocycles. The molecular formula is C28H46N2. The molecule has 0 amide bonds. The van der Waals surface area contributed by atoms with Gasteiger partial charge in [0.05, 0.1) is 0 Å². The van der Waals surface area contributed by atoms with Crippen molar-refractivity contribution in [2.24, 2.45) is 17.8 Å². The van der Waals surface area contributed by atoms with Gasteiger partial charge in [-0.1, -0.05) is 44.9 Å². The third-order valence-electron chi connectivity index (χ3n) is 9.26. The van der Waals surface area contributed by atoms with Crippen molar-refractivity contribution in [1.82, 2.24) is 9.80 Å². The fourth-order valence-corrected chi connectivity index (χ4v) is 6.52. The van der Waals surface area contributed by atoms with Gasteiger partial charge in [-0.15, -0.1) is 0 Å². The Morgan fingerprint density at radius 3 is 2.13 bits per heavy atom. The zero-order chi connectivity index (χ0) is 21.5. The largest absolute Gasteiger partial charge is 0.294 e. The zero-order valence-corrected chi connectivity index (χ0v) is 20.6. The van der Waals surface area contributed by atoms with E-state index in [0.29, 0.717) is 5.54 Å². The summed E-state index contributed by atoms with van der Waals surface area (Å²) < 4.78 is 0. The molecule has 1 saturated heterocycles. The number of fused-ring (bicyclic) bond motifs is 1. The molecule has 2 unspecified atom stereocenters. The van der Waals surface area contributed by atoms with Crippen LogP contribution in [0.15, 0.2) is 18.2 Å². The summed E-state index contributed by atoms with van der Waals surface area (Å²) in [6.07, 6.45) is 9.78. The van der Waals surface area contributed by atoms with Gasteiger partial charge < -0.3 is 0 Å². The molecule has 0 radical (unpaired) electrons. The first-order valence-corrected chi connectivity index (χ1v) is 12.8. The van der Waals surface area contributed by atoms with E-state index in [-0.39, 0.29) is 5.54 Å². The van der Waals surface area contributed by atoms with Gasteiger partial charge in [-0.05, 0) is 107 Å². The SMILES string of the molecule is CC(C)C1CCC(C(C)(C)N2Cc3ccc(C(C)(C)N4CCCCCC4)cc3C2)C1. The molecule has 2 atom stereocenters. The molecular weight excluding hydrogens is 364 g/mol. The highest BCUT2D eigenvalue weighted by Crippen LogP contribution is 2.45. The summed E-state index contributed by atoms with van der Waals surface area (Å²) in [7, 11) is 0. The van der Waals surface area contributed by atoms with Crippen LogP contribution in [0.5, 0.6) is 0 Å². The number of likely N-dealkylation sites (tertiary alicyclic amines) is 1. The summed E-state index contributed by atoms with van der Waals surface area (Å²) in [5, 5.41) is 0. The lowest BCUT2D eigenvalue weighted by Crippen LogP contribution is -2.46. The fourth-order valence-electron chi connectivity index (χ4n) is 6.52. The van der Waals surface area contributed by atoms with Crippen LogP contribution in [0.2, 0.25) is 0 Å². The Morgan fingerprint density at radius 2 is 1.50 bits per heavy atom. The summed E-state index contributed by atoms with van der Waals surface area (Å²) in [6, 6.07) is 7.44. The molecule has 2 aliphatic heterocycles. The van der Waals surface area contributed by atoms with Crippen molar-refractivity contribution in [2.75, 3.05) is 13.1 Å². The lowest BCUT2D eigenvalue weighted by atomic mass is 9.82. The van der Waals surface area contributed by atoms with E-state index in [2.05, 4.69) is 69.5 Å². The number of rotatable bonds is 5. The van der Waals surface area contributed by atoms with Crippen molar-refractivity contribution < 1.29 is 0 Å². The van der Waals surface area contributed by atoms with Crippen molar-refractivity contribution in [1.29, 1.82) is 0 Å². The van der Waals surface area contributed by atoms with Gasteiger partial charge in [0.1, 0.15) is 0 Å². The Bertz CT molecular complexity index is 724. The van der Waals surface area contributed by atoms with Gasteiger partial charge in [-0.3, -0.25) is 9.80 Å². The first-order chi connectivity index (χ1) is 14.2. The molecule has 0 aromatic heterocycles. The topological polar surface area (TPSA) is 6.48 Å². The molecule has 0 N–H and O–H groups in total. The third kappa shape index (κ3) is 4.24. The predicted octanol–water partition coefficient (Wildman–Crippen LogP) is 6.96. The maximum atomic E-state index is 2.79. The zero-order valence-electron chi connectivity index (χ0n) is 20.6. The van der Waals surface area contributed by atoms with Crippen LogP contribution in [-0.2, 0) is 18.6 Å². The average molecular weight is 411 g/mol. The third-order valence-corrected chi connectivity index (χ3v) is 9.26. The van der Waals surface area contributed by atoms with Crippen molar-refractivity contribution in [3.8, 4) is 0 Å². The minimum atomic E-state index is 0.137. The van der Waals surface area contributed by atoms with Gasteiger partial charge >= 0.3 is 0 Å². The summed E-state index contributed by atoms with van der Waals surface area (Å²) in [6.45, 7) is 19.5. The monoisotopic (exact) mass is 410 g/mol. The van der Waals surface area contributed by atoms with Crippen molar-refractivity contribution in [3.63, 3.8) is 0 Å². The highest BCUT2D eigenvalue weighted by Gasteiger charge is 2.42. The first-order valence-electron chi connectivity index (χ1n) is 12.8. The highest BCUT2D eigenvalue weighted by molar-refractivity contribution is 5.38. The maximum absolute atomic E-state index is 2.79. The molecule has 2 heterocycles. The van der Waals surface area contributed by atoms with E-state index in [9.17, 15) is 0 Å². The number of nitrogens with zero attached hydrogens (tertiary/aromatic N) is 2. The van der Waals surface area contributed by atoms with Crippen LogP contribution >= 0.6 is 0 Å². The molecule has 168 valence electrons. The smallest absolute Gasteiger partial charge is 0.0404 e. The standard InChI is InChI=1S/C28H46N2/c1-21(2)22-11-13-25(17-22)28(5,6)30-19-23-12-14-26(18-24(23)20-30)27(3,4)29-15-9-7-8-10-16-29/h12,14,18,21-22,25H,7-11,13,15-17,19-20H2,1-6H3. The second-order valence-electron chi connectivity index (χ2n) is 12.0. The molecule has 2 heteroatoms. The Morgan fingerprint density at radius 1 is 0.833 bits per heavy atom. The highest BCUT2D eigenvalue weighted by atomic mass is 15.2. The van der Waals surface area contributed by atoms with E-state index >= 15 is 0 Å². The molecule has 1 aliphatic carbocycles. The summed E-state index contributed by atoms with van der Waals surface area (Å²) in [5.41, 5.74) is 5.10. The molecule has 1 aromatic rings. The predicted molar refractivity (Wildman–Crippen MR) is 129 cm³/mol. The normalized spacial score (nSPS) is 26.9. The Kier molecular flexibility index (Phi) is 6.39. The molecule has 0 bridgehead atoms. The van der Waals surface area contributed by atoms with Gasteiger partial charge in [-0.2, -0.15) is 0 Å². The molecule has 30 heavy (non-hydrogen) atoms. The second-order valence-corrected chi connectivity index (χ2v) is 12.0. The van der Waals surface area contributed by atoms with Crippen molar-refractivity contribution in [3.05, 3.63) is 34.9 Å². The van der Waals surface area contributed by atoms with Crippen LogP contribution in [0, 0.1) is 17.8 Å². The average Bonchev–Trinajstić information content (AvgIpc) is 3.28. The van der Waals surface area contributed by atoms with Gasteiger partial charge in [0.15, 0.2) is 0 Å². The molecule has 2 fully saturated rings. The van der Waals surface area contributed by atoms with E-state index in [1.54, 1.807) is 11.1 Å². The van der Waals surface area contributed by atoms with Crippen LogP contribution in [-0.4, -0.2) is 28.4 Å². The fraction of sp³-hybridized carbons (Fsp3) is 0.786. The van der Waals surface area contributed by atoms with Crippen LogP contribution < -0.4 is 0 Å². The van der Waals surface area contributed by atoms with Crippen molar-refractivity contribution >= 4 is 0 Å². The maximum Gasteiger partial charge on any atom is 0.0404 e. The Labute approximate surface area is 186 Å². The quantitative estimate of drug-likeness (QED) is 0.517. The molecule has 3 aliphatic rings. The van der Waals surface area contributed by atoms with E-state index in [0.717, 1.165) is 30.8 Å². The van der Waals surface area contributed by atoms with E-state index < -0.39 is 0 Å². The van der Waals surface area contributed by atoms with E-state index in [4.69, 9.17) is 0 Å². The Balaban J connectivity index is 1.48. The number of hydrogen-bond donors (Lipinski definition) is 0. The second kappa shape index (κ2) is 8.58. The molecule has 0 spiro atoms. The molecule has 4 rings (SSSR count). The van der Waals surface area contributed by atoms with Crippen LogP contribution in [0.4, 0.5) is 0 Å². The number of benzene rings is 1. The summed E-state index contributed by atoms with van der Waals surface area (Å²) in [4.78, 5) is 5.52.